The standard InChI is InChI=1S/C10H13BrN2O2/c1-6(2)12-9-5-4-8(11)7(3)10(9)13(14)15/h4-6,12H,1-3H3. The van der Waals surface area contributed by atoms with Gasteiger partial charge in [0.15, 0.2) is 0 Å². The fourth-order valence-electron chi connectivity index (χ4n) is 1.34. The van der Waals surface area contributed by atoms with Crippen molar-refractivity contribution in [3.8, 4) is 0 Å². The molecule has 1 aromatic carbocycles. The van der Waals surface area contributed by atoms with Gasteiger partial charge in [-0.3, -0.25) is 10.1 Å². The summed E-state index contributed by atoms with van der Waals surface area (Å²) in [5.74, 6) is 0. The smallest absolute Gasteiger partial charge is 0.296 e. The van der Waals surface area contributed by atoms with Crippen molar-refractivity contribution in [3.05, 3.63) is 32.3 Å². The van der Waals surface area contributed by atoms with Crippen molar-refractivity contribution in [2.24, 2.45) is 0 Å². The third-order valence-corrected chi connectivity index (χ3v) is 2.85. The summed E-state index contributed by atoms with van der Waals surface area (Å²) >= 11 is 3.28. The van der Waals surface area contributed by atoms with E-state index in [0.717, 1.165) is 4.47 Å². The van der Waals surface area contributed by atoms with Gasteiger partial charge in [-0.15, -0.1) is 0 Å². The summed E-state index contributed by atoms with van der Waals surface area (Å²) < 4.78 is 0.753. The number of hydrogen-bond acceptors (Lipinski definition) is 3. The first kappa shape index (κ1) is 12.0. The molecule has 4 nitrogen and oxygen atoms in total. The van der Waals surface area contributed by atoms with Gasteiger partial charge in [0.25, 0.3) is 5.69 Å². The van der Waals surface area contributed by atoms with Crippen LogP contribution >= 0.6 is 15.9 Å². The molecule has 15 heavy (non-hydrogen) atoms. The van der Waals surface area contributed by atoms with Crippen molar-refractivity contribution in [2.75, 3.05) is 5.32 Å². The zero-order valence-electron chi connectivity index (χ0n) is 8.87. The van der Waals surface area contributed by atoms with Crippen LogP contribution in [0.5, 0.6) is 0 Å². The lowest BCUT2D eigenvalue weighted by atomic mass is 10.1. The number of nitro groups is 1. The van der Waals surface area contributed by atoms with E-state index in [-0.39, 0.29) is 16.7 Å². The minimum atomic E-state index is -0.356. The van der Waals surface area contributed by atoms with Crippen LogP contribution in [0.3, 0.4) is 0 Å². The zero-order chi connectivity index (χ0) is 11.6. The van der Waals surface area contributed by atoms with Crippen molar-refractivity contribution in [1.82, 2.24) is 0 Å². The van der Waals surface area contributed by atoms with Gasteiger partial charge in [0.05, 0.1) is 4.92 Å². The van der Waals surface area contributed by atoms with E-state index < -0.39 is 0 Å². The third kappa shape index (κ3) is 2.68. The molecule has 0 saturated carbocycles. The molecular formula is C10H13BrN2O2. The van der Waals surface area contributed by atoms with Crippen LogP contribution in [-0.4, -0.2) is 11.0 Å². The molecule has 0 unspecified atom stereocenters. The van der Waals surface area contributed by atoms with Crippen LogP contribution in [-0.2, 0) is 0 Å². The van der Waals surface area contributed by atoms with Gasteiger partial charge in [-0.25, -0.2) is 0 Å². The molecule has 0 radical (unpaired) electrons. The lowest BCUT2D eigenvalue weighted by Crippen LogP contribution is -2.11. The van der Waals surface area contributed by atoms with Crippen LogP contribution in [0.4, 0.5) is 11.4 Å². The average Bonchev–Trinajstić information content (AvgIpc) is 2.10. The Bertz CT molecular complexity index is 391. The first-order valence-corrected chi connectivity index (χ1v) is 5.42. The average molecular weight is 273 g/mol. The predicted octanol–water partition coefficient (Wildman–Crippen LogP) is 3.49. The van der Waals surface area contributed by atoms with E-state index in [1.807, 2.05) is 19.9 Å². The summed E-state index contributed by atoms with van der Waals surface area (Å²) in [6.07, 6.45) is 0. The molecule has 0 bridgehead atoms. The molecule has 0 saturated heterocycles. The lowest BCUT2D eigenvalue weighted by Gasteiger charge is -2.12. The van der Waals surface area contributed by atoms with Gasteiger partial charge >= 0.3 is 0 Å². The maximum absolute atomic E-state index is 10.9. The van der Waals surface area contributed by atoms with Gasteiger partial charge in [-0.2, -0.15) is 0 Å². The van der Waals surface area contributed by atoms with Crippen molar-refractivity contribution < 1.29 is 4.92 Å². The van der Waals surface area contributed by atoms with E-state index in [4.69, 9.17) is 0 Å². The van der Waals surface area contributed by atoms with Crippen LogP contribution in [0.25, 0.3) is 0 Å². The molecule has 0 aliphatic carbocycles. The highest BCUT2D eigenvalue weighted by molar-refractivity contribution is 9.10. The maximum atomic E-state index is 10.9. The molecule has 0 atom stereocenters. The van der Waals surface area contributed by atoms with Gasteiger partial charge in [0, 0.05) is 16.1 Å². The van der Waals surface area contributed by atoms with Crippen LogP contribution in [0.15, 0.2) is 16.6 Å². The van der Waals surface area contributed by atoms with Crippen LogP contribution in [0.1, 0.15) is 19.4 Å². The number of nitrogens with zero attached hydrogens (tertiary/aromatic N) is 1. The molecule has 0 aromatic heterocycles. The number of rotatable bonds is 3. The largest absolute Gasteiger partial charge is 0.377 e. The van der Waals surface area contributed by atoms with E-state index >= 15 is 0 Å². The topological polar surface area (TPSA) is 55.2 Å². The van der Waals surface area contributed by atoms with Crippen molar-refractivity contribution in [1.29, 1.82) is 0 Å². The van der Waals surface area contributed by atoms with Crippen molar-refractivity contribution in [3.63, 3.8) is 0 Å². The molecule has 82 valence electrons. The Morgan fingerprint density at radius 3 is 2.53 bits per heavy atom. The molecule has 1 aromatic rings. The minimum Gasteiger partial charge on any atom is -0.377 e. The molecular weight excluding hydrogens is 260 g/mol. The van der Waals surface area contributed by atoms with Gasteiger partial charge in [0.2, 0.25) is 0 Å². The molecule has 1 rings (SSSR count). The molecule has 5 heteroatoms. The first-order valence-electron chi connectivity index (χ1n) is 4.63. The predicted molar refractivity (Wildman–Crippen MR) is 64.3 cm³/mol. The SMILES string of the molecule is Cc1c(Br)ccc(NC(C)C)c1[N+](=O)[O-]. The van der Waals surface area contributed by atoms with E-state index in [9.17, 15) is 10.1 Å². The minimum absolute atomic E-state index is 0.137. The Morgan fingerprint density at radius 2 is 2.07 bits per heavy atom. The lowest BCUT2D eigenvalue weighted by molar-refractivity contribution is -0.384. The second-order valence-corrected chi connectivity index (χ2v) is 4.48. The fraction of sp³-hybridized carbons (Fsp3) is 0.400. The van der Waals surface area contributed by atoms with Crippen molar-refractivity contribution >= 4 is 27.3 Å². The van der Waals surface area contributed by atoms with Gasteiger partial charge < -0.3 is 5.32 Å². The van der Waals surface area contributed by atoms with Gasteiger partial charge in [0.1, 0.15) is 5.69 Å². The van der Waals surface area contributed by atoms with E-state index in [1.165, 1.54) is 0 Å². The summed E-state index contributed by atoms with van der Waals surface area (Å²) in [6.45, 7) is 5.62. The highest BCUT2D eigenvalue weighted by Crippen LogP contribution is 2.33. The fourth-order valence-corrected chi connectivity index (χ4v) is 1.66. The maximum Gasteiger partial charge on any atom is 0.296 e. The number of benzene rings is 1. The molecule has 0 fully saturated rings. The number of hydrogen-bond donors (Lipinski definition) is 1. The highest BCUT2D eigenvalue weighted by Gasteiger charge is 2.19. The molecule has 0 spiro atoms. The van der Waals surface area contributed by atoms with Crippen LogP contribution < -0.4 is 5.32 Å². The second-order valence-electron chi connectivity index (χ2n) is 3.62. The number of anilines is 1. The van der Waals surface area contributed by atoms with E-state index in [2.05, 4.69) is 21.2 Å². The van der Waals surface area contributed by atoms with E-state index in [0.29, 0.717) is 11.3 Å². The normalized spacial score (nSPS) is 10.5. The Kier molecular flexibility index (Phi) is 3.68. The second kappa shape index (κ2) is 4.61. The summed E-state index contributed by atoms with van der Waals surface area (Å²) in [7, 11) is 0. The number of nitro benzene ring substituents is 1. The van der Waals surface area contributed by atoms with Crippen LogP contribution in [0.2, 0.25) is 0 Å². The molecule has 0 amide bonds. The first-order chi connectivity index (χ1) is 6.93. The Hall–Kier alpha value is -1.10. The van der Waals surface area contributed by atoms with E-state index in [1.54, 1.807) is 13.0 Å². The summed E-state index contributed by atoms with van der Waals surface area (Å²) in [5, 5.41) is 14.0. The van der Waals surface area contributed by atoms with Crippen molar-refractivity contribution in [2.45, 2.75) is 26.8 Å². The highest BCUT2D eigenvalue weighted by atomic mass is 79.9. The Balaban J connectivity index is 3.27. The third-order valence-electron chi connectivity index (χ3n) is 1.99. The van der Waals surface area contributed by atoms with Gasteiger partial charge in [-0.1, -0.05) is 15.9 Å². The quantitative estimate of drug-likeness (QED) is 0.677. The summed E-state index contributed by atoms with van der Waals surface area (Å²) in [6, 6.07) is 3.70. The number of halogens is 1. The molecule has 1 N–H and O–H groups in total. The summed E-state index contributed by atoms with van der Waals surface area (Å²) in [4.78, 5) is 10.6. The summed E-state index contributed by atoms with van der Waals surface area (Å²) in [5.41, 5.74) is 1.35. The Labute approximate surface area is 97.0 Å². The monoisotopic (exact) mass is 272 g/mol. The molecule has 0 aliphatic rings. The zero-order valence-corrected chi connectivity index (χ0v) is 10.5. The van der Waals surface area contributed by atoms with Gasteiger partial charge in [-0.05, 0) is 32.9 Å². The molecule has 0 heterocycles. The number of nitrogens with one attached hydrogen (secondary N) is 1. The Morgan fingerprint density at radius 1 is 1.47 bits per heavy atom. The molecule has 0 aliphatic heterocycles. The van der Waals surface area contributed by atoms with Crippen LogP contribution in [0, 0.1) is 17.0 Å².